The van der Waals surface area contributed by atoms with E-state index in [0.29, 0.717) is 43.7 Å². The molecule has 0 radical (unpaired) electrons. The Morgan fingerprint density at radius 3 is 2.18 bits per heavy atom. The van der Waals surface area contributed by atoms with Crippen LogP contribution in [-0.4, -0.2) is 98.8 Å². The molecular weight excluding hydrogens is 865 g/mol. The topological polar surface area (TPSA) is 210 Å². The molecule has 2 aromatic heterocycles. The number of carbonyl (C=O) groups excluding carboxylic acids is 5. The average molecular weight is 919 g/mol. The zero-order chi connectivity index (χ0) is 47.1. The summed E-state index contributed by atoms with van der Waals surface area (Å²) in [5.74, 6) is -2.38. The van der Waals surface area contributed by atoms with Gasteiger partial charge >= 0.3 is 0 Å². The van der Waals surface area contributed by atoms with Crippen molar-refractivity contribution in [3.05, 3.63) is 137 Å². The van der Waals surface area contributed by atoms with Crippen LogP contribution in [0.15, 0.2) is 109 Å². The molecule has 0 spiro atoms. The van der Waals surface area contributed by atoms with Crippen LogP contribution in [0.4, 0.5) is 5.69 Å². The van der Waals surface area contributed by atoms with Crippen LogP contribution in [0.2, 0.25) is 0 Å². The lowest BCUT2D eigenvalue weighted by molar-refractivity contribution is -0.136. The minimum absolute atomic E-state index is 0.0483. The molecule has 4 aromatic carbocycles. The second kappa shape index (κ2) is 20.7. The molecule has 1 saturated carbocycles. The number of fused-ring (bicyclic) bond motifs is 2. The van der Waals surface area contributed by atoms with Gasteiger partial charge < -0.3 is 34.3 Å². The summed E-state index contributed by atoms with van der Waals surface area (Å²) < 4.78 is 15.5. The predicted octanol–water partition coefficient (Wildman–Crippen LogP) is 5.73. The van der Waals surface area contributed by atoms with Gasteiger partial charge in [0.1, 0.15) is 17.2 Å². The molecule has 6 aromatic rings. The molecule has 0 bridgehead atoms. The number of amides is 5. The summed E-state index contributed by atoms with van der Waals surface area (Å²) in [6, 6.07) is 32.5. The molecule has 4 heterocycles. The second-order valence-electron chi connectivity index (χ2n) is 17.4. The lowest BCUT2D eigenvalue weighted by Gasteiger charge is -2.27. The van der Waals surface area contributed by atoms with Crippen LogP contribution < -0.4 is 21.4 Å². The summed E-state index contributed by atoms with van der Waals surface area (Å²) in [6.07, 6.45) is 4.83. The molecule has 1 aliphatic carbocycles. The fourth-order valence-electron chi connectivity index (χ4n) is 9.46. The SMILES string of the molecule is N=c1c2c(-c3ccccc3)c(-c3ccccc3)n(Cc3ccc(CNC(=O)CCOCCOCCNc4cccc5c4C(=O)N(C4CCC(=O)NC4=O)C5=O)cc3)c2ncn1C1CCC(O)CC1. The average Bonchev–Trinajstić information content (AvgIpc) is 3.82. The molecule has 16 nitrogen and oxygen atoms in total. The molecule has 3 aliphatic rings. The molecule has 68 heavy (non-hydrogen) atoms. The number of carbonyl (C=O) groups is 5. The number of benzene rings is 4. The minimum Gasteiger partial charge on any atom is -0.393 e. The quantitative estimate of drug-likeness (QED) is 0.0523. The highest BCUT2D eigenvalue weighted by Gasteiger charge is 2.45. The van der Waals surface area contributed by atoms with E-state index in [1.807, 2.05) is 53.1 Å². The molecule has 5 amide bonds. The van der Waals surface area contributed by atoms with E-state index in [1.165, 1.54) is 0 Å². The van der Waals surface area contributed by atoms with Gasteiger partial charge in [-0.3, -0.25) is 39.6 Å². The number of ether oxygens (including phenoxy) is 2. The van der Waals surface area contributed by atoms with Crippen molar-refractivity contribution < 1.29 is 38.6 Å². The number of rotatable bonds is 18. The van der Waals surface area contributed by atoms with E-state index >= 15 is 0 Å². The van der Waals surface area contributed by atoms with Gasteiger partial charge in [-0.15, -0.1) is 0 Å². The summed E-state index contributed by atoms with van der Waals surface area (Å²) in [4.78, 5) is 69.1. The highest BCUT2D eigenvalue weighted by molar-refractivity contribution is 6.25. The van der Waals surface area contributed by atoms with Gasteiger partial charge in [0, 0.05) is 49.8 Å². The van der Waals surface area contributed by atoms with Gasteiger partial charge in [-0.1, -0.05) is 91.0 Å². The van der Waals surface area contributed by atoms with E-state index in [0.717, 1.165) is 62.3 Å². The first-order valence-corrected chi connectivity index (χ1v) is 23.2. The summed E-state index contributed by atoms with van der Waals surface area (Å²) in [5, 5.41) is 29.0. The van der Waals surface area contributed by atoms with Crippen molar-refractivity contribution in [2.45, 2.75) is 76.2 Å². The maximum absolute atomic E-state index is 13.3. The maximum Gasteiger partial charge on any atom is 0.264 e. The zero-order valence-electron chi connectivity index (χ0n) is 37.6. The van der Waals surface area contributed by atoms with Crippen LogP contribution in [0.1, 0.15) is 82.8 Å². The van der Waals surface area contributed by atoms with Crippen LogP contribution in [-0.2, 0) is 36.9 Å². The third-order valence-corrected chi connectivity index (χ3v) is 12.9. The third kappa shape index (κ3) is 9.74. The van der Waals surface area contributed by atoms with Crippen molar-refractivity contribution in [3.63, 3.8) is 0 Å². The number of nitrogens with zero attached hydrogens (tertiary/aromatic N) is 4. The van der Waals surface area contributed by atoms with E-state index in [9.17, 15) is 34.5 Å². The summed E-state index contributed by atoms with van der Waals surface area (Å²) in [6.45, 7) is 2.28. The van der Waals surface area contributed by atoms with E-state index in [-0.39, 0.29) is 74.9 Å². The van der Waals surface area contributed by atoms with Gasteiger partial charge in [0.25, 0.3) is 11.8 Å². The highest BCUT2D eigenvalue weighted by atomic mass is 16.5. The first-order valence-electron chi connectivity index (χ1n) is 23.2. The zero-order valence-corrected chi connectivity index (χ0v) is 37.6. The van der Waals surface area contributed by atoms with Crippen LogP contribution in [0.5, 0.6) is 0 Å². The normalized spacial score (nSPS) is 18.2. The first-order chi connectivity index (χ1) is 33.2. The van der Waals surface area contributed by atoms with E-state index < -0.39 is 29.7 Å². The molecule has 2 fully saturated rings. The van der Waals surface area contributed by atoms with Gasteiger partial charge in [0.2, 0.25) is 17.7 Å². The molecule has 16 heteroatoms. The van der Waals surface area contributed by atoms with Gasteiger partial charge in [0.15, 0.2) is 0 Å². The number of imide groups is 2. The minimum atomic E-state index is -1.04. The molecule has 5 N–H and O–H groups in total. The monoisotopic (exact) mass is 918 g/mol. The van der Waals surface area contributed by atoms with Crippen molar-refractivity contribution in [1.29, 1.82) is 5.41 Å². The Morgan fingerprint density at radius 1 is 0.765 bits per heavy atom. The Balaban J connectivity index is 0.757. The van der Waals surface area contributed by atoms with Crippen molar-refractivity contribution >= 4 is 46.3 Å². The third-order valence-electron chi connectivity index (χ3n) is 12.9. The van der Waals surface area contributed by atoms with Gasteiger partial charge in [-0.25, -0.2) is 4.98 Å². The number of hydrogen-bond acceptors (Lipinski definition) is 11. The lowest BCUT2D eigenvalue weighted by Crippen LogP contribution is -2.54. The largest absolute Gasteiger partial charge is 0.393 e. The van der Waals surface area contributed by atoms with Crippen LogP contribution >= 0.6 is 0 Å². The number of hydrogen-bond donors (Lipinski definition) is 5. The van der Waals surface area contributed by atoms with Crippen molar-refractivity contribution in [2.24, 2.45) is 0 Å². The second-order valence-corrected chi connectivity index (χ2v) is 17.4. The number of anilines is 1. The number of piperidine rings is 1. The molecule has 9 rings (SSSR count). The molecular formula is C52H54N8O8. The Morgan fingerprint density at radius 2 is 1.46 bits per heavy atom. The number of nitrogens with one attached hydrogen (secondary N) is 4. The van der Waals surface area contributed by atoms with Gasteiger partial charge in [-0.2, -0.15) is 0 Å². The summed E-state index contributed by atoms with van der Waals surface area (Å²) in [5.41, 5.74) is 7.95. The van der Waals surface area contributed by atoms with Gasteiger partial charge in [0.05, 0.1) is 61.1 Å². The van der Waals surface area contributed by atoms with Crippen molar-refractivity contribution in [3.8, 4) is 22.4 Å². The maximum atomic E-state index is 13.3. The summed E-state index contributed by atoms with van der Waals surface area (Å²) >= 11 is 0. The van der Waals surface area contributed by atoms with E-state index in [4.69, 9.17) is 14.5 Å². The predicted molar refractivity (Wildman–Crippen MR) is 253 cm³/mol. The Kier molecular flexibility index (Phi) is 14.0. The smallest absolute Gasteiger partial charge is 0.264 e. The summed E-state index contributed by atoms with van der Waals surface area (Å²) in [7, 11) is 0. The molecule has 1 unspecified atom stereocenters. The number of aliphatic hydroxyl groups excluding tert-OH is 1. The Labute approximate surface area is 392 Å². The number of aromatic nitrogens is 3. The fraction of sp³-hybridized carbons (Fsp3) is 0.327. The highest BCUT2D eigenvalue weighted by Crippen LogP contribution is 2.40. The van der Waals surface area contributed by atoms with E-state index in [1.54, 1.807) is 24.5 Å². The van der Waals surface area contributed by atoms with Crippen molar-refractivity contribution in [2.75, 3.05) is 38.3 Å². The standard InChI is InChI=1S/C52H54N8O8/c53-48-46-44(35-8-3-1-4-9-35)47(36-10-5-2-6-11-36)58(49(46)56-32-59(48)37-18-20-38(61)21-19-37)31-34-16-14-33(15-17-34)30-55-42(62)24-26-67-28-29-68-27-25-54-40-13-7-12-39-45(40)52(66)60(51(39)65)41-22-23-43(63)57-50(41)64/h1-17,32,37-38,41,53-54,61H,18-31H2,(H,55,62)(H,57,63,64). The van der Waals surface area contributed by atoms with Crippen LogP contribution in [0.25, 0.3) is 33.4 Å². The van der Waals surface area contributed by atoms with Gasteiger partial charge in [-0.05, 0) is 66.5 Å². The van der Waals surface area contributed by atoms with Crippen LogP contribution in [0, 0.1) is 5.41 Å². The number of aliphatic hydroxyl groups is 1. The molecule has 1 saturated heterocycles. The Bertz CT molecular complexity index is 2890. The lowest BCUT2D eigenvalue weighted by atomic mass is 9.93. The van der Waals surface area contributed by atoms with Crippen LogP contribution in [0.3, 0.4) is 0 Å². The molecule has 350 valence electrons. The van der Waals surface area contributed by atoms with E-state index in [2.05, 4.69) is 56.9 Å². The Hall–Kier alpha value is -7.27. The first kappa shape index (κ1) is 45.9. The van der Waals surface area contributed by atoms with Crippen molar-refractivity contribution in [1.82, 2.24) is 29.7 Å². The molecule has 2 aliphatic heterocycles. The fourth-order valence-corrected chi connectivity index (χ4v) is 9.46. The molecule has 1 atom stereocenters.